The predicted octanol–water partition coefficient (Wildman–Crippen LogP) is 1.96. The molecule has 1 aromatic carbocycles. The van der Waals surface area contributed by atoms with E-state index in [1.807, 2.05) is 0 Å². The Hall–Kier alpha value is -2.37. The number of sulfonamides is 1. The molecular weight excluding hydrogens is 414 g/mol. The van der Waals surface area contributed by atoms with Crippen LogP contribution in [-0.4, -0.2) is 53.9 Å². The second-order valence-corrected chi connectivity index (χ2v) is 9.32. The van der Waals surface area contributed by atoms with Crippen molar-refractivity contribution in [3.8, 4) is 0 Å². The standard InChI is InChI=1S/C18H25N5O4S2/c1-5-23(6-2)29(26,27)14-9-7-8-13(10-14)16(24)20-15(12(3)4)17(25)21-18-22-19-11-28-18/h7-12,15H,5-6H2,1-4H3,(H,20,24)(H,21,22,25). The first-order valence-electron chi connectivity index (χ1n) is 9.18. The minimum absolute atomic E-state index is 0.0354. The first-order valence-corrected chi connectivity index (χ1v) is 11.5. The number of carbonyl (C=O) groups is 2. The topological polar surface area (TPSA) is 121 Å². The maximum atomic E-state index is 12.7. The Bertz CT molecular complexity index is 941. The third kappa shape index (κ3) is 5.58. The van der Waals surface area contributed by atoms with E-state index in [1.165, 1.54) is 45.4 Å². The molecule has 2 N–H and O–H groups in total. The number of amides is 2. The maximum Gasteiger partial charge on any atom is 0.251 e. The third-order valence-corrected chi connectivity index (χ3v) is 6.92. The number of nitrogens with one attached hydrogen (secondary N) is 2. The molecule has 1 heterocycles. The van der Waals surface area contributed by atoms with Crippen molar-refractivity contribution in [3.63, 3.8) is 0 Å². The average Bonchev–Trinajstić information content (AvgIpc) is 3.19. The number of rotatable bonds is 9. The molecule has 0 aliphatic carbocycles. The van der Waals surface area contributed by atoms with Crippen LogP contribution < -0.4 is 10.6 Å². The summed E-state index contributed by atoms with van der Waals surface area (Å²) in [6, 6.07) is 4.97. The molecule has 29 heavy (non-hydrogen) atoms. The number of hydrogen-bond donors (Lipinski definition) is 2. The van der Waals surface area contributed by atoms with Crippen LogP contribution in [0.15, 0.2) is 34.7 Å². The summed E-state index contributed by atoms with van der Waals surface area (Å²) in [5.74, 6) is -1.15. The Kier molecular flexibility index (Phi) is 7.82. The largest absolute Gasteiger partial charge is 0.340 e. The third-order valence-electron chi connectivity index (χ3n) is 4.27. The summed E-state index contributed by atoms with van der Waals surface area (Å²) in [5.41, 5.74) is 1.65. The van der Waals surface area contributed by atoms with Gasteiger partial charge >= 0.3 is 0 Å². The number of carbonyl (C=O) groups excluding carboxylic acids is 2. The molecule has 1 unspecified atom stereocenters. The molecule has 9 nitrogen and oxygen atoms in total. The molecule has 11 heteroatoms. The molecular formula is C18H25N5O4S2. The van der Waals surface area contributed by atoms with E-state index in [1.54, 1.807) is 27.7 Å². The summed E-state index contributed by atoms with van der Waals surface area (Å²) in [4.78, 5) is 25.3. The van der Waals surface area contributed by atoms with Crippen LogP contribution >= 0.6 is 11.3 Å². The molecule has 0 spiro atoms. The molecule has 2 amide bonds. The van der Waals surface area contributed by atoms with Gasteiger partial charge in [-0.1, -0.05) is 45.1 Å². The van der Waals surface area contributed by atoms with Gasteiger partial charge in [0.25, 0.3) is 5.91 Å². The number of hydrogen-bond acceptors (Lipinski definition) is 7. The molecule has 158 valence electrons. The molecule has 0 saturated carbocycles. The lowest BCUT2D eigenvalue weighted by molar-refractivity contribution is -0.118. The van der Waals surface area contributed by atoms with Gasteiger partial charge in [-0.3, -0.25) is 14.9 Å². The number of aromatic nitrogens is 2. The van der Waals surface area contributed by atoms with Crippen molar-refractivity contribution in [1.29, 1.82) is 0 Å². The summed E-state index contributed by atoms with van der Waals surface area (Å²) < 4.78 is 26.7. The lowest BCUT2D eigenvalue weighted by Crippen LogP contribution is -2.47. The van der Waals surface area contributed by atoms with Gasteiger partial charge in [-0.15, -0.1) is 10.2 Å². The molecule has 0 fully saturated rings. The summed E-state index contributed by atoms with van der Waals surface area (Å²) in [5, 5.41) is 13.0. The van der Waals surface area contributed by atoms with E-state index in [0.717, 1.165) is 0 Å². The molecule has 2 aromatic rings. The van der Waals surface area contributed by atoms with E-state index in [0.29, 0.717) is 18.2 Å². The summed E-state index contributed by atoms with van der Waals surface area (Å²) in [7, 11) is -3.69. The smallest absolute Gasteiger partial charge is 0.251 e. The van der Waals surface area contributed by atoms with Crippen LogP contribution in [0.2, 0.25) is 0 Å². The fourth-order valence-electron chi connectivity index (χ4n) is 2.68. The zero-order valence-electron chi connectivity index (χ0n) is 16.7. The summed E-state index contributed by atoms with van der Waals surface area (Å²) >= 11 is 1.17. The average molecular weight is 440 g/mol. The Balaban J connectivity index is 2.21. The lowest BCUT2D eigenvalue weighted by Gasteiger charge is -2.21. The highest BCUT2D eigenvalue weighted by atomic mass is 32.2. The zero-order chi connectivity index (χ0) is 21.6. The highest BCUT2D eigenvalue weighted by Gasteiger charge is 2.27. The van der Waals surface area contributed by atoms with Gasteiger partial charge < -0.3 is 5.32 Å². The van der Waals surface area contributed by atoms with E-state index in [2.05, 4.69) is 20.8 Å². The second-order valence-electron chi connectivity index (χ2n) is 6.55. The van der Waals surface area contributed by atoms with Crippen LogP contribution in [-0.2, 0) is 14.8 Å². The van der Waals surface area contributed by atoms with Gasteiger partial charge in [0.2, 0.25) is 21.1 Å². The first kappa shape index (κ1) is 22.9. The molecule has 0 aliphatic heterocycles. The second kappa shape index (κ2) is 9.90. The van der Waals surface area contributed by atoms with Crippen molar-refractivity contribution in [1.82, 2.24) is 19.8 Å². The Labute approximate surface area is 174 Å². The number of anilines is 1. The minimum atomic E-state index is -3.69. The van der Waals surface area contributed by atoms with Crippen LogP contribution in [0.4, 0.5) is 5.13 Å². The maximum absolute atomic E-state index is 12.7. The van der Waals surface area contributed by atoms with Gasteiger partial charge in [0.15, 0.2) is 0 Å². The molecule has 0 aliphatic rings. The molecule has 0 bridgehead atoms. The first-order chi connectivity index (χ1) is 13.7. The normalized spacial score (nSPS) is 12.8. The van der Waals surface area contributed by atoms with Crippen LogP contribution in [0.25, 0.3) is 0 Å². The quantitative estimate of drug-likeness (QED) is 0.616. The Morgan fingerprint density at radius 1 is 1.21 bits per heavy atom. The predicted molar refractivity (Wildman–Crippen MR) is 111 cm³/mol. The van der Waals surface area contributed by atoms with Crippen molar-refractivity contribution in [3.05, 3.63) is 35.3 Å². The van der Waals surface area contributed by atoms with Gasteiger partial charge in [0, 0.05) is 18.7 Å². The molecule has 1 atom stereocenters. The van der Waals surface area contributed by atoms with Gasteiger partial charge in [-0.2, -0.15) is 4.31 Å². The van der Waals surface area contributed by atoms with Crippen molar-refractivity contribution in [2.75, 3.05) is 18.4 Å². The fraction of sp³-hybridized carbons (Fsp3) is 0.444. The van der Waals surface area contributed by atoms with Crippen LogP contribution in [0, 0.1) is 5.92 Å². The van der Waals surface area contributed by atoms with Crippen molar-refractivity contribution < 1.29 is 18.0 Å². The van der Waals surface area contributed by atoms with E-state index >= 15 is 0 Å². The highest BCUT2D eigenvalue weighted by molar-refractivity contribution is 7.89. The van der Waals surface area contributed by atoms with Crippen LogP contribution in [0.5, 0.6) is 0 Å². The minimum Gasteiger partial charge on any atom is -0.340 e. The van der Waals surface area contributed by atoms with Crippen LogP contribution in [0.1, 0.15) is 38.1 Å². The van der Waals surface area contributed by atoms with Crippen molar-refractivity contribution in [2.24, 2.45) is 5.92 Å². The monoisotopic (exact) mass is 439 g/mol. The van der Waals surface area contributed by atoms with Crippen LogP contribution in [0.3, 0.4) is 0 Å². The van der Waals surface area contributed by atoms with Crippen molar-refractivity contribution >= 4 is 38.3 Å². The lowest BCUT2D eigenvalue weighted by atomic mass is 10.0. The van der Waals surface area contributed by atoms with E-state index in [-0.39, 0.29) is 16.4 Å². The number of nitrogens with zero attached hydrogens (tertiary/aromatic N) is 3. The SMILES string of the molecule is CCN(CC)S(=O)(=O)c1cccc(C(=O)NC(C(=O)Nc2nncs2)C(C)C)c1. The Morgan fingerprint density at radius 2 is 1.90 bits per heavy atom. The highest BCUT2D eigenvalue weighted by Crippen LogP contribution is 2.18. The van der Waals surface area contributed by atoms with Gasteiger partial charge in [0.05, 0.1) is 4.90 Å². The molecule has 1 aromatic heterocycles. The summed E-state index contributed by atoms with van der Waals surface area (Å²) in [6.07, 6.45) is 0. The van der Waals surface area contributed by atoms with E-state index in [9.17, 15) is 18.0 Å². The number of benzene rings is 1. The van der Waals surface area contributed by atoms with Gasteiger partial charge in [-0.05, 0) is 24.1 Å². The summed E-state index contributed by atoms with van der Waals surface area (Å²) in [6.45, 7) is 7.76. The van der Waals surface area contributed by atoms with Crippen molar-refractivity contribution in [2.45, 2.75) is 38.6 Å². The zero-order valence-corrected chi connectivity index (χ0v) is 18.4. The fourth-order valence-corrected chi connectivity index (χ4v) is 4.63. The van der Waals surface area contributed by atoms with E-state index in [4.69, 9.17) is 0 Å². The van der Waals surface area contributed by atoms with E-state index < -0.39 is 27.9 Å². The molecule has 0 radical (unpaired) electrons. The molecule has 0 saturated heterocycles. The Morgan fingerprint density at radius 3 is 2.45 bits per heavy atom. The van der Waals surface area contributed by atoms with Gasteiger partial charge in [0.1, 0.15) is 11.6 Å². The van der Waals surface area contributed by atoms with Gasteiger partial charge in [-0.25, -0.2) is 8.42 Å². The molecule has 2 rings (SSSR count).